The highest BCUT2D eigenvalue weighted by atomic mass is 19.1. The minimum atomic E-state index is -0.198. The maximum absolute atomic E-state index is 13.3. The fourth-order valence-corrected chi connectivity index (χ4v) is 1.88. The first-order valence-electron chi connectivity index (χ1n) is 5.69. The molecule has 1 nitrogen and oxygen atoms in total. The molecule has 0 saturated carbocycles. The molecule has 0 amide bonds. The first-order valence-corrected chi connectivity index (χ1v) is 5.69. The lowest BCUT2D eigenvalue weighted by Crippen LogP contribution is -2.04. The molecule has 1 atom stereocenters. The van der Waals surface area contributed by atoms with Crippen molar-refractivity contribution in [3.05, 3.63) is 59.4 Å². The second-order valence-electron chi connectivity index (χ2n) is 4.43. The highest BCUT2D eigenvalue weighted by Gasteiger charge is 2.03. The Bertz CT molecular complexity index is 495. The van der Waals surface area contributed by atoms with Gasteiger partial charge in [-0.3, -0.25) is 0 Å². The van der Waals surface area contributed by atoms with E-state index in [9.17, 15) is 4.39 Å². The van der Waals surface area contributed by atoms with Crippen molar-refractivity contribution in [1.29, 1.82) is 0 Å². The van der Waals surface area contributed by atoms with E-state index in [0.717, 1.165) is 22.3 Å². The summed E-state index contributed by atoms with van der Waals surface area (Å²) in [5.41, 5.74) is 9.72. The summed E-state index contributed by atoms with van der Waals surface area (Å²) in [7, 11) is 0. The monoisotopic (exact) mass is 229 g/mol. The van der Waals surface area contributed by atoms with Gasteiger partial charge in [0.2, 0.25) is 0 Å². The van der Waals surface area contributed by atoms with E-state index in [1.807, 2.05) is 44.2 Å². The van der Waals surface area contributed by atoms with E-state index in [1.54, 1.807) is 6.07 Å². The third-order valence-corrected chi connectivity index (χ3v) is 2.81. The molecule has 0 aliphatic rings. The van der Waals surface area contributed by atoms with Crippen molar-refractivity contribution in [2.45, 2.75) is 19.9 Å². The van der Waals surface area contributed by atoms with Gasteiger partial charge in [0.05, 0.1) is 0 Å². The zero-order chi connectivity index (χ0) is 12.4. The van der Waals surface area contributed by atoms with Gasteiger partial charge < -0.3 is 5.73 Å². The third kappa shape index (κ3) is 2.71. The largest absolute Gasteiger partial charge is 0.324 e. The number of aryl methyl sites for hydroxylation is 1. The van der Waals surface area contributed by atoms with Crippen LogP contribution in [0.15, 0.2) is 42.5 Å². The molecule has 1 unspecified atom stereocenters. The smallest absolute Gasteiger partial charge is 0.124 e. The predicted molar refractivity (Wildman–Crippen MR) is 69.2 cm³/mol. The summed E-state index contributed by atoms with van der Waals surface area (Å²) in [5.74, 6) is -0.198. The van der Waals surface area contributed by atoms with E-state index in [0.29, 0.717) is 0 Å². The molecule has 0 saturated heterocycles. The van der Waals surface area contributed by atoms with Crippen LogP contribution in [0.1, 0.15) is 24.1 Å². The van der Waals surface area contributed by atoms with Crippen LogP contribution in [0.25, 0.3) is 11.1 Å². The first kappa shape index (κ1) is 11.8. The van der Waals surface area contributed by atoms with Gasteiger partial charge in [0.25, 0.3) is 0 Å². The van der Waals surface area contributed by atoms with Crippen molar-refractivity contribution < 1.29 is 4.39 Å². The molecule has 0 aliphatic carbocycles. The molecule has 0 aliphatic heterocycles. The van der Waals surface area contributed by atoms with Gasteiger partial charge in [-0.1, -0.05) is 30.3 Å². The summed E-state index contributed by atoms with van der Waals surface area (Å²) in [5, 5.41) is 0. The molecule has 0 radical (unpaired) electrons. The van der Waals surface area contributed by atoms with Crippen LogP contribution >= 0.6 is 0 Å². The van der Waals surface area contributed by atoms with Crippen molar-refractivity contribution in [2.75, 3.05) is 0 Å². The summed E-state index contributed by atoms with van der Waals surface area (Å²) >= 11 is 0. The Hall–Kier alpha value is -1.67. The van der Waals surface area contributed by atoms with Crippen LogP contribution in [0, 0.1) is 12.7 Å². The van der Waals surface area contributed by atoms with Gasteiger partial charge in [-0.05, 0) is 48.2 Å². The summed E-state index contributed by atoms with van der Waals surface area (Å²) in [6.45, 7) is 3.84. The van der Waals surface area contributed by atoms with E-state index in [1.165, 1.54) is 6.07 Å². The van der Waals surface area contributed by atoms with Gasteiger partial charge in [0.15, 0.2) is 0 Å². The number of halogens is 1. The van der Waals surface area contributed by atoms with Crippen molar-refractivity contribution in [3.8, 4) is 11.1 Å². The minimum Gasteiger partial charge on any atom is -0.324 e. The number of benzene rings is 2. The molecule has 88 valence electrons. The number of hydrogen-bond donors (Lipinski definition) is 1. The van der Waals surface area contributed by atoms with Crippen LogP contribution in [-0.4, -0.2) is 0 Å². The zero-order valence-electron chi connectivity index (χ0n) is 10.1. The molecule has 2 N–H and O–H groups in total. The lowest BCUT2D eigenvalue weighted by Gasteiger charge is -2.08. The van der Waals surface area contributed by atoms with E-state index < -0.39 is 0 Å². The lowest BCUT2D eigenvalue weighted by molar-refractivity contribution is 0.627. The van der Waals surface area contributed by atoms with E-state index in [-0.39, 0.29) is 11.9 Å². The molecule has 2 aromatic carbocycles. The number of hydrogen-bond acceptors (Lipinski definition) is 1. The normalized spacial score (nSPS) is 12.5. The topological polar surface area (TPSA) is 26.0 Å². The minimum absolute atomic E-state index is 0.0262. The molecule has 0 spiro atoms. The van der Waals surface area contributed by atoms with Crippen LogP contribution < -0.4 is 5.73 Å². The van der Waals surface area contributed by atoms with Crippen LogP contribution in [0.2, 0.25) is 0 Å². The van der Waals surface area contributed by atoms with Gasteiger partial charge >= 0.3 is 0 Å². The second-order valence-corrected chi connectivity index (χ2v) is 4.43. The second kappa shape index (κ2) is 4.68. The van der Waals surface area contributed by atoms with Gasteiger partial charge in [-0.15, -0.1) is 0 Å². The predicted octanol–water partition coefficient (Wildman–Crippen LogP) is 3.82. The van der Waals surface area contributed by atoms with E-state index >= 15 is 0 Å². The standard InChI is InChI=1S/C15H16FN/c1-10-7-14(9-15(16)8-10)13-5-3-12(4-6-13)11(2)17/h3-9,11H,17H2,1-2H3. The van der Waals surface area contributed by atoms with Crippen molar-refractivity contribution in [2.24, 2.45) is 5.73 Å². The average Bonchev–Trinajstić information content (AvgIpc) is 2.28. The van der Waals surface area contributed by atoms with Crippen LogP contribution in [0.4, 0.5) is 4.39 Å². The Morgan fingerprint density at radius 2 is 1.65 bits per heavy atom. The van der Waals surface area contributed by atoms with Gasteiger partial charge in [-0.25, -0.2) is 4.39 Å². The summed E-state index contributed by atoms with van der Waals surface area (Å²) < 4.78 is 13.3. The highest BCUT2D eigenvalue weighted by Crippen LogP contribution is 2.23. The molecule has 17 heavy (non-hydrogen) atoms. The fourth-order valence-electron chi connectivity index (χ4n) is 1.88. The van der Waals surface area contributed by atoms with Gasteiger partial charge in [-0.2, -0.15) is 0 Å². The molecular formula is C15H16FN. The Balaban J connectivity index is 2.39. The van der Waals surface area contributed by atoms with E-state index in [2.05, 4.69) is 0 Å². The molecule has 2 aromatic rings. The molecule has 0 fully saturated rings. The molecule has 0 bridgehead atoms. The fraction of sp³-hybridized carbons (Fsp3) is 0.200. The molecular weight excluding hydrogens is 213 g/mol. The van der Waals surface area contributed by atoms with Gasteiger partial charge in [0.1, 0.15) is 5.82 Å². The first-order chi connectivity index (χ1) is 8.06. The molecule has 0 heterocycles. The quantitative estimate of drug-likeness (QED) is 0.832. The summed E-state index contributed by atoms with van der Waals surface area (Å²) in [4.78, 5) is 0. The lowest BCUT2D eigenvalue weighted by atomic mass is 10.0. The van der Waals surface area contributed by atoms with E-state index in [4.69, 9.17) is 5.73 Å². The Labute approximate surface area is 101 Å². The summed E-state index contributed by atoms with van der Waals surface area (Å²) in [6, 6.07) is 13.0. The number of nitrogens with two attached hydrogens (primary N) is 1. The maximum Gasteiger partial charge on any atom is 0.124 e. The van der Waals surface area contributed by atoms with Crippen LogP contribution in [0.3, 0.4) is 0 Å². The van der Waals surface area contributed by atoms with Crippen LogP contribution in [0.5, 0.6) is 0 Å². The Kier molecular flexibility index (Phi) is 3.25. The van der Waals surface area contributed by atoms with Crippen molar-refractivity contribution >= 4 is 0 Å². The SMILES string of the molecule is Cc1cc(F)cc(-c2ccc(C(C)N)cc2)c1. The van der Waals surface area contributed by atoms with Crippen molar-refractivity contribution in [1.82, 2.24) is 0 Å². The number of rotatable bonds is 2. The summed E-state index contributed by atoms with van der Waals surface area (Å²) in [6.07, 6.45) is 0. The third-order valence-electron chi connectivity index (χ3n) is 2.81. The maximum atomic E-state index is 13.3. The highest BCUT2D eigenvalue weighted by molar-refractivity contribution is 5.64. The molecule has 2 heteroatoms. The van der Waals surface area contributed by atoms with Crippen LogP contribution in [-0.2, 0) is 0 Å². The zero-order valence-corrected chi connectivity index (χ0v) is 10.1. The Morgan fingerprint density at radius 3 is 2.18 bits per heavy atom. The van der Waals surface area contributed by atoms with Crippen molar-refractivity contribution in [3.63, 3.8) is 0 Å². The molecule has 0 aromatic heterocycles. The Morgan fingerprint density at radius 1 is 1.00 bits per heavy atom. The van der Waals surface area contributed by atoms with Gasteiger partial charge in [0, 0.05) is 6.04 Å². The average molecular weight is 229 g/mol. The molecule has 2 rings (SSSR count).